The average molecular weight is 406 g/mol. The maximum absolute atomic E-state index is 6.15. The summed E-state index contributed by atoms with van der Waals surface area (Å²) in [6.07, 6.45) is 0.934. The van der Waals surface area contributed by atoms with Crippen molar-refractivity contribution in [3.8, 4) is 5.75 Å². The third-order valence-electron chi connectivity index (χ3n) is 4.86. The van der Waals surface area contributed by atoms with E-state index < -0.39 is 0 Å². The van der Waals surface area contributed by atoms with E-state index in [1.807, 2.05) is 26.2 Å². The Balaban J connectivity index is 2.02. The minimum absolute atomic E-state index is 0.677. The molecule has 0 spiro atoms. The summed E-state index contributed by atoms with van der Waals surface area (Å²) in [4.78, 5) is 2.11. The van der Waals surface area contributed by atoms with Gasteiger partial charge in [0.25, 0.3) is 0 Å². The molecule has 0 N–H and O–H groups in total. The Hall–Kier alpha value is -2.55. The van der Waals surface area contributed by atoms with E-state index in [9.17, 15) is 0 Å². The first kappa shape index (κ1) is 21.2. The van der Waals surface area contributed by atoms with Crippen LogP contribution in [0.25, 0.3) is 11.1 Å². The summed E-state index contributed by atoms with van der Waals surface area (Å²) < 4.78 is 5.87. The number of rotatable bonds is 8. The van der Waals surface area contributed by atoms with Crippen molar-refractivity contribution < 1.29 is 4.74 Å². The predicted octanol–water partition coefficient (Wildman–Crippen LogP) is 6.65. The van der Waals surface area contributed by atoms with E-state index in [1.165, 1.54) is 22.3 Å². The largest absolute Gasteiger partial charge is 0.492 e. The van der Waals surface area contributed by atoms with Crippen LogP contribution >= 0.6 is 11.6 Å². The minimum atomic E-state index is 0.677. The van der Waals surface area contributed by atoms with Gasteiger partial charge in [-0.25, -0.2) is 0 Å². The second-order valence-electron chi connectivity index (χ2n) is 7.26. The maximum atomic E-state index is 6.15. The fourth-order valence-corrected chi connectivity index (χ4v) is 3.49. The van der Waals surface area contributed by atoms with Crippen molar-refractivity contribution in [3.63, 3.8) is 0 Å². The highest BCUT2D eigenvalue weighted by Crippen LogP contribution is 2.35. The van der Waals surface area contributed by atoms with Crippen LogP contribution in [0.15, 0.2) is 78.9 Å². The van der Waals surface area contributed by atoms with E-state index in [4.69, 9.17) is 16.3 Å². The molecule has 3 heteroatoms. The number of halogens is 1. The molecule has 0 radical (unpaired) electrons. The minimum Gasteiger partial charge on any atom is -0.492 e. The van der Waals surface area contributed by atoms with Crippen LogP contribution in [-0.2, 0) is 0 Å². The van der Waals surface area contributed by atoms with Crippen molar-refractivity contribution in [2.45, 2.75) is 13.3 Å². The zero-order chi connectivity index (χ0) is 20.6. The first-order valence-electron chi connectivity index (χ1n) is 10.0. The van der Waals surface area contributed by atoms with E-state index in [2.05, 4.69) is 78.6 Å². The van der Waals surface area contributed by atoms with Crippen LogP contribution in [0.1, 0.15) is 30.0 Å². The molecule has 3 rings (SSSR count). The Bertz CT molecular complexity index is 929. The van der Waals surface area contributed by atoms with Crippen molar-refractivity contribution in [2.75, 3.05) is 27.2 Å². The van der Waals surface area contributed by atoms with Crippen LogP contribution < -0.4 is 4.74 Å². The Labute approximate surface area is 179 Å². The normalized spacial score (nSPS) is 12.0. The SMILES string of the molecule is CC/C(=C(/c1ccc(Cl)cc1)c1ccc(OCCN(C)C)cc1)c1ccccc1. The van der Waals surface area contributed by atoms with Gasteiger partial charge in [0.15, 0.2) is 0 Å². The van der Waals surface area contributed by atoms with Crippen LogP contribution in [0.4, 0.5) is 0 Å². The number of hydrogen-bond donors (Lipinski definition) is 0. The Morgan fingerprint density at radius 3 is 1.93 bits per heavy atom. The molecule has 150 valence electrons. The molecule has 0 saturated carbocycles. The van der Waals surface area contributed by atoms with Gasteiger partial charge in [-0.2, -0.15) is 0 Å². The van der Waals surface area contributed by atoms with Gasteiger partial charge >= 0.3 is 0 Å². The first-order chi connectivity index (χ1) is 14.1. The molecule has 0 aliphatic rings. The molecule has 0 aliphatic heterocycles. The summed E-state index contributed by atoms with van der Waals surface area (Å²) in [5, 5.41) is 0.746. The zero-order valence-electron chi connectivity index (χ0n) is 17.4. The van der Waals surface area contributed by atoms with Gasteiger partial charge in [0.1, 0.15) is 12.4 Å². The van der Waals surface area contributed by atoms with Crippen molar-refractivity contribution in [2.24, 2.45) is 0 Å². The number of nitrogens with zero attached hydrogens (tertiary/aromatic N) is 1. The zero-order valence-corrected chi connectivity index (χ0v) is 18.1. The van der Waals surface area contributed by atoms with Crippen LogP contribution in [0, 0.1) is 0 Å². The van der Waals surface area contributed by atoms with E-state index in [1.54, 1.807) is 0 Å². The highest BCUT2D eigenvalue weighted by Gasteiger charge is 2.13. The van der Waals surface area contributed by atoms with Gasteiger partial charge in [0, 0.05) is 11.6 Å². The standard InChI is InChI=1S/C26H28ClNO/c1-4-25(20-8-6-5-7-9-20)26(21-10-14-23(27)15-11-21)22-12-16-24(17-13-22)29-19-18-28(2)3/h5-17H,4,18-19H2,1-3H3/b26-25+. The van der Waals surface area contributed by atoms with Gasteiger partial charge in [-0.15, -0.1) is 0 Å². The number of ether oxygens (including phenoxy) is 1. The second kappa shape index (κ2) is 10.3. The average Bonchev–Trinajstić information content (AvgIpc) is 2.74. The molecule has 3 aromatic rings. The summed E-state index contributed by atoms with van der Waals surface area (Å²) >= 11 is 6.15. The summed E-state index contributed by atoms with van der Waals surface area (Å²) in [6.45, 7) is 3.78. The molecule has 0 fully saturated rings. The molecule has 2 nitrogen and oxygen atoms in total. The Kier molecular flexibility index (Phi) is 7.51. The summed E-state index contributed by atoms with van der Waals surface area (Å²) in [6, 6.07) is 27.1. The van der Waals surface area contributed by atoms with Crippen molar-refractivity contribution in [3.05, 3.63) is 101 Å². The first-order valence-corrected chi connectivity index (χ1v) is 10.4. The van der Waals surface area contributed by atoms with Gasteiger partial charge in [0.05, 0.1) is 0 Å². The lowest BCUT2D eigenvalue weighted by Crippen LogP contribution is -2.19. The van der Waals surface area contributed by atoms with E-state index in [0.717, 1.165) is 29.3 Å². The molecule has 0 aliphatic carbocycles. The van der Waals surface area contributed by atoms with Gasteiger partial charge < -0.3 is 9.64 Å². The third-order valence-corrected chi connectivity index (χ3v) is 5.11. The van der Waals surface area contributed by atoms with Crippen LogP contribution in [0.5, 0.6) is 5.75 Å². The highest BCUT2D eigenvalue weighted by molar-refractivity contribution is 6.30. The molecule has 0 heterocycles. The maximum Gasteiger partial charge on any atom is 0.119 e. The second-order valence-corrected chi connectivity index (χ2v) is 7.69. The molecule has 0 bridgehead atoms. The molecular weight excluding hydrogens is 378 g/mol. The predicted molar refractivity (Wildman–Crippen MR) is 125 cm³/mol. The molecule has 0 atom stereocenters. The highest BCUT2D eigenvalue weighted by atomic mass is 35.5. The molecular formula is C26H28ClNO. The molecule has 29 heavy (non-hydrogen) atoms. The molecule has 0 saturated heterocycles. The van der Waals surface area contributed by atoms with Crippen molar-refractivity contribution >= 4 is 22.7 Å². The lowest BCUT2D eigenvalue weighted by Gasteiger charge is -2.17. The Morgan fingerprint density at radius 2 is 1.38 bits per heavy atom. The van der Waals surface area contributed by atoms with E-state index in [-0.39, 0.29) is 0 Å². The summed E-state index contributed by atoms with van der Waals surface area (Å²) in [7, 11) is 4.09. The van der Waals surface area contributed by atoms with Crippen LogP contribution in [-0.4, -0.2) is 32.1 Å². The van der Waals surface area contributed by atoms with Crippen LogP contribution in [0.3, 0.4) is 0 Å². The third kappa shape index (κ3) is 5.72. The van der Waals surface area contributed by atoms with Gasteiger partial charge in [-0.1, -0.05) is 73.1 Å². The smallest absolute Gasteiger partial charge is 0.119 e. The quantitative estimate of drug-likeness (QED) is 0.389. The number of allylic oxidation sites excluding steroid dienone is 1. The van der Waals surface area contributed by atoms with Crippen molar-refractivity contribution in [1.82, 2.24) is 4.90 Å². The summed E-state index contributed by atoms with van der Waals surface area (Å²) in [5.41, 5.74) is 6.13. The number of benzene rings is 3. The molecule has 0 amide bonds. The van der Waals surface area contributed by atoms with Gasteiger partial charge in [-0.3, -0.25) is 0 Å². The Morgan fingerprint density at radius 1 is 0.793 bits per heavy atom. The number of hydrogen-bond acceptors (Lipinski definition) is 2. The molecule has 3 aromatic carbocycles. The van der Waals surface area contributed by atoms with Gasteiger partial charge in [-0.05, 0) is 72.6 Å². The fourth-order valence-electron chi connectivity index (χ4n) is 3.36. The molecule has 0 aromatic heterocycles. The van der Waals surface area contributed by atoms with Gasteiger partial charge in [0.2, 0.25) is 0 Å². The lowest BCUT2D eigenvalue weighted by atomic mass is 9.88. The molecule has 0 unspecified atom stereocenters. The topological polar surface area (TPSA) is 12.5 Å². The van der Waals surface area contributed by atoms with E-state index >= 15 is 0 Å². The summed E-state index contributed by atoms with van der Waals surface area (Å²) in [5.74, 6) is 0.892. The van der Waals surface area contributed by atoms with Crippen molar-refractivity contribution in [1.29, 1.82) is 0 Å². The van der Waals surface area contributed by atoms with Crippen LogP contribution in [0.2, 0.25) is 5.02 Å². The monoisotopic (exact) mass is 405 g/mol. The lowest BCUT2D eigenvalue weighted by molar-refractivity contribution is 0.261. The fraction of sp³-hybridized carbons (Fsp3) is 0.231. The number of likely N-dealkylation sites (N-methyl/N-ethyl adjacent to an activating group) is 1. The van der Waals surface area contributed by atoms with E-state index in [0.29, 0.717) is 6.61 Å².